The molecular formula is C31H59N3OS. The van der Waals surface area contributed by atoms with Crippen molar-refractivity contribution in [3.63, 3.8) is 0 Å². The van der Waals surface area contributed by atoms with Gasteiger partial charge >= 0.3 is 0 Å². The number of hydrogen-bond donors (Lipinski definition) is 3. The fourth-order valence-electron chi connectivity index (χ4n) is 4.73. The molecule has 4 nitrogen and oxygen atoms in total. The second kappa shape index (κ2) is 22.7. The maximum Gasteiger partial charge on any atom is 0.207 e. The first-order chi connectivity index (χ1) is 17.2. The average molecular weight is 522 g/mol. The third kappa shape index (κ3) is 15.6. The zero-order valence-corrected chi connectivity index (χ0v) is 26.3. The third-order valence-corrected chi connectivity index (χ3v) is 7.33. The second-order valence-corrected chi connectivity index (χ2v) is 10.1. The summed E-state index contributed by atoms with van der Waals surface area (Å²) in [7, 11) is 1.96. The van der Waals surface area contributed by atoms with E-state index in [1.165, 1.54) is 67.6 Å². The molecule has 2 N–H and O–H groups in total. The van der Waals surface area contributed by atoms with Gasteiger partial charge in [0.05, 0.1) is 0 Å². The summed E-state index contributed by atoms with van der Waals surface area (Å²) in [5.41, 5.74) is 5.72. The molecule has 0 aromatic heterocycles. The van der Waals surface area contributed by atoms with Crippen LogP contribution < -0.4 is 10.6 Å². The molecule has 2 rings (SSSR count). The number of rotatable bonds is 10. The number of carbonyl (C=O) groups is 1. The van der Waals surface area contributed by atoms with Gasteiger partial charge in [0, 0.05) is 30.2 Å². The fourth-order valence-corrected chi connectivity index (χ4v) is 4.86. The molecule has 1 aromatic rings. The van der Waals surface area contributed by atoms with E-state index in [2.05, 4.69) is 94.8 Å². The van der Waals surface area contributed by atoms with Crippen molar-refractivity contribution in [3.05, 3.63) is 40.6 Å². The van der Waals surface area contributed by atoms with E-state index in [0.717, 1.165) is 37.2 Å². The molecule has 0 aliphatic carbocycles. The lowest BCUT2D eigenvalue weighted by molar-refractivity contribution is -0.109. The number of thiol groups is 1. The molecule has 36 heavy (non-hydrogen) atoms. The molecule has 1 saturated heterocycles. The SMILES string of the molecule is CC.CCC=C(C)N1CCC(CCC)(CCNC=O)CC1.CCCNC.Cc1cc(C)c(S)c(C)c1. The molecule has 0 radical (unpaired) electrons. The summed E-state index contributed by atoms with van der Waals surface area (Å²) >= 11 is 4.36. The highest BCUT2D eigenvalue weighted by Crippen LogP contribution is 2.39. The monoisotopic (exact) mass is 521 g/mol. The molecule has 5 heteroatoms. The Labute approximate surface area is 230 Å². The van der Waals surface area contributed by atoms with E-state index in [0.29, 0.717) is 5.41 Å². The van der Waals surface area contributed by atoms with Crippen LogP contribution in [-0.4, -0.2) is 44.5 Å². The first kappa shape index (κ1) is 36.7. The normalized spacial score (nSPS) is 14.3. The molecule has 1 aliphatic rings. The molecule has 0 unspecified atom stereocenters. The van der Waals surface area contributed by atoms with Crippen LogP contribution in [0.2, 0.25) is 0 Å². The zero-order chi connectivity index (χ0) is 28.0. The largest absolute Gasteiger partial charge is 0.375 e. The van der Waals surface area contributed by atoms with Gasteiger partial charge in [0.15, 0.2) is 0 Å². The van der Waals surface area contributed by atoms with Crippen LogP contribution in [0.3, 0.4) is 0 Å². The van der Waals surface area contributed by atoms with E-state index >= 15 is 0 Å². The van der Waals surface area contributed by atoms with Gasteiger partial charge in [-0.2, -0.15) is 0 Å². The minimum Gasteiger partial charge on any atom is -0.375 e. The summed E-state index contributed by atoms with van der Waals surface area (Å²) in [6, 6.07) is 4.30. The zero-order valence-electron chi connectivity index (χ0n) is 25.4. The minimum atomic E-state index is 0.452. The Hall–Kier alpha value is -1.46. The number of carbonyl (C=O) groups excluding carboxylic acids is 1. The Morgan fingerprint density at radius 3 is 1.94 bits per heavy atom. The number of nitrogens with one attached hydrogen (secondary N) is 2. The van der Waals surface area contributed by atoms with Gasteiger partial charge in [-0.25, -0.2) is 0 Å². The smallest absolute Gasteiger partial charge is 0.207 e. The molecule has 0 spiro atoms. The van der Waals surface area contributed by atoms with Crippen LogP contribution in [0.4, 0.5) is 0 Å². The van der Waals surface area contributed by atoms with Gasteiger partial charge in [0.2, 0.25) is 6.41 Å². The average Bonchev–Trinajstić information content (AvgIpc) is 2.86. The van der Waals surface area contributed by atoms with Gasteiger partial charge in [-0.3, -0.25) is 4.79 Å². The molecule has 1 amide bonds. The Balaban J connectivity index is 0. The molecule has 1 aliphatic heterocycles. The number of likely N-dealkylation sites (tertiary alicyclic amines) is 1. The number of nitrogens with zero attached hydrogens (tertiary/aromatic N) is 1. The molecule has 0 bridgehead atoms. The molecule has 210 valence electrons. The predicted octanol–water partition coefficient (Wildman–Crippen LogP) is 7.86. The molecule has 1 heterocycles. The van der Waals surface area contributed by atoms with Crippen LogP contribution in [0.25, 0.3) is 0 Å². The van der Waals surface area contributed by atoms with Gasteiger partial charge < -0.3 is 15.5 Å². The summed E-state index contributed by atoms with van der Waals surface area (Å²) in [4.78, 5) is 14.0. The van der Waals surface area contributed by atoms with E-state index in [1.807, 2.05) is 20.9 Å². The highest BCUT2D eigenvalue weighted by atomic mass is 32.1. The van der Waals surface area contributed by atoms with Crippen LogP contribution >= 0.6 is 12.6 Å². The number of allylic oxidation sites excluding steroid dienone is 2. The minimum absolute atomic E-state index is 0.452. The van der Waals surface area contributed by atoms with Gasteiger partial charge in [0.25, 0.3) is 0 Å². The highest BCUT2D eigenvalue weighted by Gasteiger charge is 2.33. The summed E-state index contributed by atoms with van der Waals surface area (Å²) in [6.07, 6.45) is 11.7. The van der Waals surface area contributed by atoms with Crippen molar-refractivity contribution >= 4 is 19.0 Å². The van der Waals surface area contributed by atoms with Gasteiger partial charge in [-0.15, -0.1) is 12.6 Å². The van der Waals surface area contributed by atoms with E-state index < -0.39 is 0 Å². The number of hydrogen-bond acceptors (Lipinski definition) is 4. The summed E-state index contributed by atoms with van der Waals surface area (Å²) < 4.78 is 0. The Morgan fingerprint density at radius 1 is 1.00 bits per heavy atom. The number of benzene rings is 1. The number of aryl methyl sites for hydroxylation is 3. The van der Waals surface area contributed by atoms with Crippen LogP contribution in [-0.2, 0) is 4.79 Å². The first-order valence-corrected chi connectivity index (χ1v) is 14.6. The van der Waals surface area contributed by atoms with E-state index in [-0.39, 0.29) is 0 Å². The van der Waals surface area contributed by atoms with Crippen LogP contribution in [0.1, 0.15) is 103 Å². The second-order valence-electron chi connectivity index (χ2n) is 9.66. The van der Waals surface area contributed by atoms with Crippen LogP contribution in [0.15, 0.2) is 28.8 Å². The van der Waals surface area contributed by atoms with Crippen molar-refractivity contribution in [2.75, 3.05) is 33.2 Å². The Kier molecular flexibility index (Phi) is 23.2. The third-order valence-electron chi connectivity index (χ3n) is 6.62. The molecule has 0 saturated carbocycles. The Morgan fingerprint density at radius 2 is 1.56 bits per heavy atom. The van der Waals surface area contributed by atoms with Gasteiger partial charge in [-0.1, -0.05) is 64.8 Å². The van der Waals surface area contributed by atoms with Crippen molar-refractivity contribution < 1.29 is 4.79 Å². The molecule has 0 atom stereocenters. The van der Waals surface area contributed by atoms with Crippen molar-refractivity contribution in [2.24, 2.45) is 5.41 Å². The molecule has 1 aromatic carbocycles. The van der Waals surface area contributed by atoms with Gasteiger partial charge in [0.1, 0.15) is 0 Å². The first-order valence-electron chi connectivity index (χ1n) is 14.2. The highest BCUT2D eigenvalue weighted by molar-refractivity contribution is 7.80. The van der Waals surface area contributed by atoms with E-state index in [1.54, 1.807) is 0 Å². The van der Waals surface area contributed by atoms with Gasteiger partial charge in [-0.05, 0) is 96.4 Å². The molecular weight excluding hydrogens is 462 g/mol. The number of amides is 1. The summed E-state index contributed by atoms with van der Waals surface area (Å²) in [5.74, 6) is 0. The van der Waals surface area contributed by atoms with Crippen molar-refractivity contribution in [1.29, 1.82) is 0 Å². The molecule has 1 fully saturated rings. The summed E-state index contributed by atoms with van der Waals surface area (Å²) in [6.45, 7) is 23.4. The number of piperidine rings is 1. The lowest BCUT2D eigenvalue weighted by Gasteiger charge is -2.43. The van der Waals surface area contributed by atoms with Crippen LogP contribution in [0.5, 0.6) is 0 Å². The lowest BCUT2D eigenvalue weighted by Crippen LogP contribution is -2.40. The summed E-state index contributed by atoms with van der Waals surface area (Å²) in [5, 5.41) is 5.84. The quantitative estimate of drug-likeness (QED) is 0.167. The van der Waals surface area contributed by atoms with E-state index in [9.17, 15) is 4.79 Å². The van der Waals surface area contributed by atoms with Crippen molar-refractivity contribution in [2.45, 2.75) is 112 Å². The standard InChI is InChI=1S/C16H30N2O.C9H12S.C4H11N.C2H6/c1-4-6-15(3)18-12-9-16(7-5-2,10-13-18)8-11-17-14-19;1-6-4-7(2)9(10)8(3)5-6;1-3-4-5-2;1-2/h6,14H,4-5,7-13H2,1-3H3,(H,17,19);4-5,10H,1-3H3;5H,3-4H2,1-2H3;1-2H3. The van der Waals surface area contributed by atoms with Crippen LogP contribution in [0, 0.1) is 26.2 Å². The van der Waals surface area contributed by atoms with Crippen molar-refractivity contribution in [3.8, 4) is 0 Å². The maximum atomic E-state index is 10.4. The Bertz CT molecular complexity index is 685. The predicted molar refractivity (Wildman–Crippen MR) is 164 cm³/mol. The lowest BCUT2D eigenvalue weighted by atomic mass is 9.72. The maximum absolute atomic E-state index is 10.4. The fraction of sp³-hybridized carbons (Fsp3) is 0.710. The topological polar surface area (TPSA) is 44.4 Å². The van der Waals surface area contributed by atoms with E-state index in [4.69, 9.17) is 0 Å². The van der Waals surface area contributed by atoms with Crippen molar-refractivity contribution in [1.82, 2.24) is 15.5 Å².